The number of hydrogen-bond acceptors (Lipinski definition) is 2. The van der Waals surface area contributed by atoms with Gasteiger partial charge < -0.3 is 10.6 Å². The molecule has 2 nitrogen and oxygen atoms in total. The molecule has 2 heteroatoms. The Balaban J connectivity index is 1.72. The van der Waals surface area contributed by atoms with Gasteiger partial charge in [0.1, 0.15) is 0 Å². The Morgan fingerprint density at radius 3 is 2.53 bits per heavy atom. The van der Waals surface area contributed by atoms with Gasteiger partial charge in [-0.3, -0.25) is 0 Å². The van der Waals surface area contributed by atoms with Gasteiger partial charge in [0.2, 0.25) is 0 Å². The van der Waals surface area contributed by atoms with Crippen LogP contribution >= 0.6 is 0 Å². The van der Waals surface area contributed by atoms with Crippen LogP contribution in [0.1, 0.15) is 51.9 Å². The molecule has 0 amide bonds. The van der Waals surface area contributed by atoms with Crippen LogP contribution in [0.3, 0.4) is 0 Å². The zero-order valence-corrected chi connectivity index (χ0v) is 10.1. The van der Waals surface area contributed by atoms with Crippen molar-refractivity contribution in [3.63, 3.8) is 0 Å². The maximum atomic E-state index is 3.83. The minimum atomic E-state index is 0.732. The van der Waals surface area contributed by atoms with E-state index in [0.29, 0.717) is 0 Å². The fourth-order valence-electron chi connectivity index (χ4n) is 3.14. The molecule has 88 valence electrons. The van der Waals surface area contributed by atoms with Crippen LogP contribution in [0, 0.1) is 5.92 Å². The topological polar surface area (TPSA) is 24.1 Å². The minimum absolute atomic E-state index is 0.732. The second-order valence-corrected chi connectivity index (χ2v) is 5.40. The van der Waals surface area contributed by atoms with Crippen molar-refractivity contribution in [1.29, 1.82) is 0 Å². The van der Waals surface area contributed by atoms with Crippen molar-refractivity contribution in [2.45, 2.75) is 64.0 Å². The van der Waals surface area contributed by atoms with E-state index in [1.807, 2.05) is 0 Å². The molecule has 0 aromatic heterocycles. The fraction of sp³-hybridized carbons (Fsp3) is 1.00. The molecule has 1 saturated heterocycles. The number of piperidine rings is 1. The second-order valence-electron chi connectivity index (χ2n) is 5.40. The summed E-state index contributed by atoms with van der Waals surface area (Å²) in [6.45, 7) is 4.79. The molecule has 2 unspecified atom stereocenters. The normalized spacial score (nSPS) is 31.4. The predicted octanol–water partition coefficient (Wildman–Crippen LogP) is 2.30. The van der Waals surface area contributed by atoms with Gasteiger partial charge in [-0.1, -0.05) is 19.3 Å². The zero-order chi connectivity index (χ0) is 10.5. The van der Waals surface area contributed by atoms with Crippen LogP contribution in [0.4, 0.5) is 0 Å². The average molecular weight is 210 g/mol. The lowest BCUT2D eigenvalue weighted by Gasteiger charge is -2.33. The van der Waals surface area contributed by atoms with E-state index in [1.165, 1.54) is 58.0 Å². The molecule has 1 aliphatic carbocycles. The highest BCUT2D eigenvalue weighted by Gasteiger charge is 2.22. The molecular formula is C13H26N2. The summed E-state index contributed by atoms with van der Waals surface area (Å²) in [5.74, 6) is 0.945. The van der Waals surface area contributed by atoms with E-state index in [9.17, 15) is 0 Å². The number of nitrogens with one attached hydrogen (secondary N) is 2. The van der Waals surface area contributed by atoms with Crippen molar-refractivity contribution in [2.24, 2.45) is 5.92 Å². The Bertz CT molecular complexity index is 169. The Hall–Kier alpha value is -0.0800. The fourth-order valence-corrected chi connectivity index (χ4v) is 3.14. The number of hydrogen-bond donors (Lipinski definition) is 2. The van der Waals surface area contributed by atoms with Gasteiger partial charge in [0.05, 0.1) is 0 Å². The van der Waals surface area contributed by atoms with E-state index >= 15 is 0 Å². The molecule has 2 aliphatic rings. The standard InChI is InChI=1S/C13H26N2/c1-11(12-6-3-2-4-7-12)15-13-8-5-9-14-10-13/h11-15H,2-10H2,1H3. The van der Waals surface area contributed by atoms with Gasteiger partial charge >= 0.3 is 0 Å². The molecule has 0 bridgehead atoms. The van der Waals surface area contributed by atoms with Crippen molar-refractivity contribution < 1.29 is 0 Å². The van der Waals surface area contributed by atoms with Crippen LogP contribution in [0.5, 0.6) is 0 Å². The van der Waals surface area contributed by atoms with Gasteiger partial charge in [-0.15, -0.1) is 0 Å². The summed E-state index contributed by atoms with van der Waals surface area (Å²) in [7, 11) is 0. The molecule has 1 aliphatic heterocycles. The van der Waals surface area contributed by atoms with Crippen molar-refractivity contribution in [3.8, 4) is 0 Å². The molecule has 0 spiro atoms. The Kier molecular flexibility index (Phi) is 4.45. The Labute approximate surface area is 94.2 Å². The van der Waals surface area contributed by atoms with E-state index in [1.54, 1.807) is 0 Å². The first-order valence-corrected chi connectivity index (χ1v) is 6.83. The molecule has 1 saturated carbocycles. The highest BCUT2D eigenvalue weighted by molar-refractivity contribution is 4.82. The molecule has 2 fully saturated rings. The molecule has 2 atom stereocenters. The van der Waals surface area contributed by atoms with Crippen LogP contribution in [0.15, 0.2) is 0 Å². The predicted molar refractivity (Wildman–Crippen MR) is 65.1 cm³/mol. The van der Waals surface area contributed by atoms with Gasteiger partial charge in [0, 0.05) is 18.6 Å². The van der Waals surface area contributed by atoms with Gasteiger partial charge in [-0.2, -0.15) is 0 Å². The molecule has 0 radical (unpaired) electrons. The van der Waals surface area contributed by atoms with Gasteiger partial charge in [0.25, 0.3) is 0 Å². The average Bonchev–Trinajstić information content (AvgIpc) is 2.31. The maximum absolute atomic E-state index is 3.83. The zero-order valence-electron chi connectivity index (χ0n) is 10.1. The third-order valence-electron chi connectivity index (χ3n) is 4.15. The highest BCUT2D eigenvalue weighted by Crippen LogP contribution is 2.26. The minimum Gasteiger partial charge on any atom is -0.315 e. The molecule has 2 rings (SSSR count). The monoisotopic (exact) mass is 210 g/mol. The summed E-state index contributed by atoms with van der Waals surface area (Å²) < 4.78 is 0. The summed E-state index contributed by atoms with van der Waals surface area (Å²) in [5.41, 5.74) is 0. The molecule has 0 aromatic carbocycles. The van der Waals surface area contributed by atoms with E-state index in [4.69, 9.17) is 0 Å². The molecule has 15 heavy (non-hydrogen) atoms. The van der Waals surface area contributed by atoms with Crippen molar-refractivity contribution in [1.82, 2.24) is 10.6 Å². The SMILES string of the molecule is CC(NC1CCCNC1)C1CCCCC1. The van der Waals surface area contributed by atoms with Gasteiger partial charge in [0.15, 0.2) is 0 Å². The first-order valence-electron chi connectivity index (χ1n) is 6.83. The van der Waals surface area contributed by atoms with Crippen molar-refractivity contribution in [3.05, 3.63) is 0 Å². The third kappa shape index (κ3) is 3.46. The van der Waals surface area contributed by atoms with E-state index in [0.717, 1.165) is 18.0 Å². The molecule has 1 heterocycles. The van der Waals surface area contributed by atoms with Crippen LogP contribution in [-0.4, -0.2) is 25.2 Å². The van der Waals surface area contributed by atoms with Crippen LogP contribution in [0.25, 0.3) is 0 Å². The summed E-state index contributed by atoms with van der Waals surface area (Å²) in [6, 6.07) is 1.46. The van der Waals surface area contributed by atoms with Crippen molar-refractivity contribution >= 4 is 0 Å². The van der Waals surface area contributed by atoms with Crippen LogP contribution < -0.4 is 10.6 Å². The van der Waals surface area contributed by atoms with Gasteiger partial charge in [-0.05, 0) is 45.1 Å². The Morgan fingerprint density at radius 1 is 1.07 bits per heavy atom. The lowest BCUT2D eigenvalue weighted by molar-refractivity contribution is 0.248. The maximum Gasteiger partial charge on any atom is 0.0195 e. The first-order chi connectivity index (χ1) is 7.36. The summed E-state index contributed by atoms with van der Waals surface area (Å²) in [5, 5.41) is 7.31. The Morgan fingerprint density at radius 2 is 1.87 bits per heavy atom. The quantitative estimate of drug-likeness (QED) is 0.747. The summed E-state index contributed by atoms with van der Waals surface area (Å²) >= 11 is 0. The second kappa shape index (κ2) is 5.86. The highest BCUT2D eigenvalue weighted by atomic mass is 15.0. The lowest BCUT2D eigenvalue weighted by Crippen LogP contribution is -2.48. The summed E-state index contributed by atoms with van der Waals surface area (Å²) in [6.07, 6.45) is 10.00. The smallest absolute Gasteiger partial charge is 0.0195 e. The molecular weight excluding hydrogens is 184 g/mol. The van der Waals surface area contributed by atoms with E-state index in [-0.39, 0.29) is 0 Å². The summed E-state index contributed by atoms with van der Waals surface area (Å²) in [4.78, 5) is 0. The molecule has 0 aromatic rings. The van der Waals surface area contributed by atoms with Gasteiger partial charge in [-0.25, -0.2) is 0 Å². The van der Waals surface area contributed by atoms with E-state index < -0.39 is 0 Å². The molecule has 2 N–H and O–H groups in total. The third-order valence-corrected chi connectivity index (χ3v) is 4.15. The lowest BCUT2D eigenvalue weighted by atomic mass is 9.84. The van der Waals surface area contributed by atoms with Crippen LogP contribution in [-0.2, 0) is 0 Å². The number of rotatable bonds is 3. The van der Waals surface area contributed by atoms with E-state index in [2.05, 4.69) is 17.6 Å². The first kappa shape index (κ1) is 11.4. The largest absolute Gasteiger partial charge is 0.315 e. The van der Waals surface area contributed by atoms with Crippen molar-refractivity contribution in [2.75, 3.05) is 13.1 Å². The van der Waals surface area contributed by atoms with Crippen LogP contribution in [0.2, 0.25) is 0 Å².